The normalized spacial score (nSPS) is 15.1. The Hall–Kier alpha value is -3.64. The quantitative estimate of drug-likeness (QED) is 0.397. The lowest BCUT2D eigenvalue weighted by Gasteiger charge is -2.30. The highest BCUT2D eigenvalue weighted by Crippen LogP contribution is 2.44. The van der Waals surface area contributed by atoms with Crippen molar-refractivity contribution < 1.29 is 23.7 Å². The Labute approximate surface area is 199 Å². The molecule has 0 radical (unpaired) electrons. The van der Waals surface area contributed by atoms with E-state index in [9.17, 15) is 0 Å². The smallest absolute Gasteiger partial charge is 0.161 e. The van der Waals surface area contributed by atoms with Crippen molar-refractivity contribution in [1.29, 1.82) is 0 Å². The van der Waals surface area contributed by atoms with Gasteiger partial charge < -0.3 is 29.0 Å². The summed E-state index contributed by atoms with van der Waals surface area (Å²) in [6.07, 6.45) is 0.923. The van der Waals surface area contributed by atoms with Gasteiger partial charge in [0.05, 0.1) is 41.6 Å². The zero-order valence-electron chi connectivity index (χ0n) is 20.2. The van der Waals surface area contributed by atoms with Crippen molar-refractivity contribution >= 4 is 21.5 Å². The van der Waals surface area contributed by atoms with Gasteiger partial charge in [0.25, 0.3) is 0 Å². The van der Waals surface area contributed by atoms with E-state index in [0.29, 0.717) is 11.5 Å². The molecule has 6 nitrogen and oxygen atoms in total. The lowest BCUT2D eigenvalue weighted by molar-refractivity contribution is 0.353. The highest BCUT2D eigenvalue weighted by atomic mass is 16.5. The van der Waals surface area contributed by atoms with Gasteiger partial charge in [0.15, 0.2) is 23.0 Å². The van der Waals surface area contributed by atoms with E-state index in [1.54, 1.807) is 35.5 Å². The van der Waals surface area contributed by atoms with Gasteiger partial charge >= 0.3 is 0 Å². The van der Waals surface area contributed by atoms with E-state index < -0.39 is 0 Å². The Balaban J connectivity index is 1.82. The first-order chi connectivity index (χ1) is 16.6. The second-order valence-corrected chi connectivity index (χ2v) is 8.35. The van der Waals surface area contributed by atoms with Crippen molar-refractivity contribution in [2.45, 2.75) is 12.5 Å². The molecule has 1 aliphatic heterocycles. The average Bonchev–Trinajstić information content (AvgIpc) is 2.90. The van der Waals surface area contributed by atoms with E-state index in [4.69, 9.17) is 23.7 Å². The first kappa shape index (κ1) is 22.2. The maximum absolute atomic E-state index is 5.67. The molecule has 1 atom stereocenters. The molecule has 1 heterocycles. The maximum Gasteiger partial charge on any atom is 0.161 e. The SMILES string of the molecule is COc1ccc2cc(C3NCCc4cc(OC)c(OC)cc43)c3cc(OC)c(OC)cc3c2c1. The van der Waals surface area contributed by atoms with Crippen LogP contribution in [0, 0.1) is 0 Å². The van der Waals surface area contributed by atoms with Crippen molar-refractivity contribution in [3.8, 4) is 28.7 Å². The summed E-state index contributed by atoms with van der Waals surface area (Å²) < 4.78 is 28.0. The number of methoxy groups -OCH3 is 5. The van der Waals surface area contributed by atoms with E-state index in [0.717, 1.165) is 51.8 Å². The molecule has 0 saturated heterocycles. The minimum absolute atomic E-state index is 0.0179. The molecule has 4 aromatic rings. The zero-order chi connectivity index (χ0) is 23.8. The van der Waals surface area contributed by atoms with Gasteiger partial charge in [-0.2, -0.15) is 0 Å². The van der Waals surface area contributed by atoms with Crippen molar-refractivity contribution in [3.05, 3.63) is 65.2 Å². The minimum Gasteiger partial charge on any atom is -0.497 e. The van der Waals surface area contributed by atoms with Crippen molar-refractivity contribution in [2.75, 3.05) is 42.1 Å². The molecule has 0 amide bonds. The molecule has 34 heavy (non-hydrogen) atoms. The Morgan fingerprint density at radius 3 is 1.94 bits per heavy atom. The summed E-state index contributed by atoms with van der Waals surface area (Å²) in [5, 5.41) is 8.14. The van der Waals surface area contributed by atoms with Gasteiger partial charge in [0, 0.05) is 6.54 Å². The molecule has 1 unspecified atom stereocenters. The molecule has 176 valence electrons. The summed E-state index contributed by atoms with van der Waals surface area (Å²) in [6.45, 7) is 0.864. The monoisotopic (exact) mass is 459 g/mol. The Kier molecular flexibility index (Phi) is 5.84. The third-order valence-electron chi connectivity index (χ3n) is 6.71. The highest BCUT2D eigenvalue weighted by molar-refractivity contribution is 6.10. The third kappa shape index (κ3) is 3.55. The lowest BCUT2D eigenvalue weighted by atomic mass is 9.85. The van der Waals surface area contributed by atoms with Gasteiger partial charge in [-0.15, -0.1) is 0 Å². The average molecular weight is 460 g/mol. The van der Waals surface area contributed by atoms with Gasteiger partial charge in [-0.05, 0) is 87.1 Å². The molecule has 5 rings (SSSR count). The second kappa shape index (κ2) is 8.95. The number of fused-ring (bicyclic) bond motifs is 4. The number of hydrogen-bond donors (Lipinski definition) is 1. The second-order valence-electron chi connectivity index (χ2n) is 8.35. The number of ether oxygens (including phenoxy) is 5. The van der Waals surface area contributed by atoms with Crippen LogP contribution in [0.4, 0.5) is 0 Å². The van der Waals surface area contributed by atoms with Crippen LogP contribution < -0.4 is 29.0 Å². The Bertz CT molecular complexity index is 1380. The molecular formula is C28H29NO5. The summed E-state index contributed by atoms with van der Waals surface area (Å²) >= 11 is 0. The predicted octanol–water partition coefficient (Wildman–Crippen LogP) is 5.27. The van der Waals surface area contributed by atoms with Crippen LogP contribution in [0.1, 0.15) is 22.7 Å². The molecular weight excluding hydrogens is 430 g/mol. The van der Waals surface area contributed by atoms with E-state index in [1.807, 2.05) is 6.07 Å². The van der Waals surface area contributed by atoms with E-state index in [2.05, 4.69) is 47.8 Å². The topological polar surface area (TPSA) is 58.2 Å². The Morgan fingerprint density at radius 1 is 0.618 bits per heavy atom. The van der Waals surface area contributed by atoms with Crippen LogP contribution in [-0.4, -0.2) is 42.1 Å². The third-order valence-corrected chi connectivity index (χ3v) is 6.71. The van der Waals surface area contributed by atoms with Crippen molar-refractivity contribution in [1.82, 2.24) is 5.32 Å². The molecule has 0 aromatic heterocycles. The molecule has 4 aromatic carbocycles. The number of hydrogen-bond acceptors (Lipinski definition) is 6. The van der Waals surface area contributed by atoms with Crippen LogP contribution in [0.25, 0.3) is 21.5 Å². The zero-order valence-corrected chi connectivity index (χ0v) is 20.2. The van der Waals surface area contributed by atoms with E-state index in [-0.39, 0.29) is 6.04 Å². The van der Waals surface area contributed by atoms with Gasteiger partial charge in [0.1, 0.15) is 5.75 Å². The molecule has 6 heteroatoms. The van der Waals surface area contributed by atoms with Crippen LogP contribution in [0.15, 0.2) is 48.5 Å². The summed E-state index contributed by atoms with van der Waals surface area (Å²) in [7, 11) is 8.36. The molecule has 0 bridgehead atoms. The predicted molar refractivity (Wildman–Crippen MR) is 134 cm³/mol. The van der Waals surface area contributed by atoms with Crippen LogP contribution in [0.2, 0.25) is 0 Å². The number of nitrogens with one attached hydrogen (secondary N) is 1. The minimum atomic E-state index is -0.0179. The fourth-order valence-electron chi connectivity index (χ4n) is 5.01. The highest BCUT2D eigenvalue weighted by Gasteiger charge is 2.26. The molecule has 1 aliphatic rings. The van der Waals surface area contributed by atoms with Gasteiger partial charge in [-0.1, -0.05) is 6.07 Å². The van der Waals surface area contributed by atoms with Crippen molar-refractivity contribution in [2.24, 2.45) is 0 Å². The Morgan fingerprint density at radius 2 is 1.26 bits per heavy atom. The van der Waals surface area contributed by atoms with Crippen LogP contribution in [0.5, 0.6) is 28.7 Å². The molecule has 0 fully saturated rings. The summed E-state index contributed by atoms with van der Waals surface area (Å²) in [6, 6.07) is 16.7. The summed E-state index contributed by atoms with van der Waals surface area (Å²) in [5.74, 6) is 3.68. The van der Waals surface area contributed by atoms with Crippen LogP contribution >= 0.6 is 0 Å². The van der Waals surface area contributed by atoms with Gasteiger partial charge in [0.2, 0.25) is 0 Å². The first-order valence-electron chi connectivity index (χ1n) is 11.3. The maximum atomic E-state index is 5.67. The number of benzene rings is 4. The molecule has 0 spiro atoms. The van der Waals surface area contributed by atoms with Crippen LogP contribution in [0.3, 0.4) is 0 Å². The molecule has 0 aliphatic carbocycles. The first-order valence-corrected chi connectivity index (χ1v) is 11.3. The number of rotatable bonds is 6. The van der Waals surface area contributed by atoms with E-state index >= 15 is 0 Å². The van der Waals surface area contributed by atoms with Gasteiger partial charge in [-0.25, -0.2) is 0 Å². The van der Waals surface area contributed by atoms with Crippen LogP contribution in [-0.2, 0) is 6.42 Å². The summed E-state index contributed by atoms with van der Waals surface area (Å²) in [5.41, 5.74) is 3.61. The lowest BCUT2D eigenvalue weighted by Crippen LogP contribution is -2.30. The van der Waals surface area contributed by atoms with E-state index in [1.165, 1.54) is 16.7 Å². The standard InChI is InChI=1S/C28H29NO5/c1-30-18-7-6-16-10-23(22-15-27(34-5)26(33-4)14-21(22)19(16)12-18)28-20-13-25(32-3)24(31-2)11-17(20)8-9-29-28/h6-7,10-15,28-29H,8-9H2,1-5H3. The van der Waals surface area contributed by atoms with Gasteiger partial charge in [-0.3, -0.25) is 0 Å². The molecule has 1 N–H and O–H groups in total. The largest absolute Gasteiger partial charge is 0.497 e. The summed E-state index contributed by atoms with van der Waals surface area (Å²) in [4.78, 5) is 0. The molecule has 0 saturated carbocycles. The fourth-order valence-corrected chi connectivity index (χ4v) is 5.01. The van der Waals surface area contributed by atoms with Crippen molar-refractivity contribution in [3.63, 3.8) is 0 Å². The fraction of sp³-hybridized carbons (Fsp3) is 0.286.